The summed E-state index contributed by atoms with van der Waals surface area (Å²) in [4.78, 5) is 20.2. The molecule has 92 valence electrons. The Bertz CT molecular complexity index is 479. The maximum Gasteiger partial charge on any atom is 0.387 e. The average Bonchev–Trinajstić information content (AvgIpc) is 2.14. The van der Waals surface area contributed by atoms with Crippen molar-refractivity contribution >= 4 is 23.3 Å². The second kappa shape index (κ2) is 4.91. The highest BCUT2D eigenvalue weighted by atomic mass is 35.5. The summed E-state index contributed by atoms with van der Waals surface area (Å²) in [6, 6.07) is 1.34. The highest BCUT2D eigenvalue weighted by molar-refractivity contribution is 6.34. The third-order valence-electron chi connectivity index (χ3n) is 1.68. The molecule has 1 aromatic carbocycles. The van der Waals surface area contributed by atoms with Gasteiger partial charge in [-0.15, -0.1) is 0 Å². The van der Waals surface area contributed by atoms with E-state index in [2.05, 4.69) is 4.74 Å². The number of rotatable bonds is 4. The molecule has 0 saturated carbocycles. The molecule has 9 heteroatoms. The zero-order valence-corrected chi connectivity index (χ0v) is 8.65. The largest absolute Gasteiger partial charge is 0.477 e. The van der Waals surface area contributed by atoms with E-state index < -0.39 is 39.5 Å². The Hall–Kier alpha value is -1.96. The second-order valence-electron chi connectivity index (χ2n) is 2.74. The molecule has 0 aliphatic rings. The number of halogens is 3. The van der Waals surface area contributed by atoms with Gasteiger partial charge in [0.2, 0.25) is 0 Å². The van der Waals surface area contributed by atoms with Crippen molar-refractivity contribution in [3.8, 4) is 5.75 Å². The molecule has 0 aliphatic carbocycles. The van der Waals surface area contributed by atoms with Crippen LogP contribution in [-0.4, -0.2) is 22.6 Å². The van der Waals surface area contributed by atoms with Crippen LogP contribution in [-0.2, 0) is 0 Å². The Balaban J connectivity index is 3.36. The third-order valence-corrected chi connectivity index (χ3v) is 1.98. The molecule has 17 heavy (non-hydrogen) atoms. The van der Waals surface area contributed by atoms with E-state index in [1.807, 2.05) is 0 Å². The van der Waals surface area contributed by atoms with Crippen molar-refractivity contribution in [2.24, 2.45) is 0 Å². The van der Waals surface area contributed by atoms with Crippen LogP contribution < -0.4 is 4.74 Å². The lowest BCUT2D eigenvalue weighted by molar-refractivity contribution is -0.385. The fourth-order valence-corrected chi connectivity index (χ4v) is 1.38. The highest BCUT2D eigenvalue weighted by Gasteiger charge is 2.25. The first-order chi connectivity index (χ1) is 7.82. The Kier molecular flexibility index (Phi) is 3.79. The molecule has 0 aliphatic heterocycles. The van der Waals surface area contributed by atoms with Gasteiger partial charge in [0.1, 0.15) is 5.75 Å². The molecule has 0 saturated heterocycles. The summed E-state index contributed by atoms with van der Waals surface area (Å²) in [6.07, 6.45) is 0. The molecule has 0 unspecified atom stereocenters. The summed E-state index contributed by atoms with van der Waals surface area (Å²) in [7, 11) is 0. The van der Waals surface area contributed by atoms with Gasteiger partial charge in [0.15, 0.2) is 5.56 Å². The molecule has 0 spiro atoms. The standard InChI is InChI=1S/C8H4ClF2NO5/c9-4-1-3(17-8(10)11)2-5(12(15)16)6(4)7(13)14/h1-2,8H,(H,13,14). The zero-order chi connectivity index (χ0) is 13.2. The van der Waals surface area contributed by atoms with Crippen LogP contribution in [0, 0.1) is 10.1 Å². The van der Waals surface area contributed by atoms with Gasteiger partial charge in [0.25, 0.3) is 5.69 Å². The van der Waals surface area contributed by atoms with Crippen molar-refractivity contribution in [1.82, 2.24) is 0 Å². The first-order valence-corrected chi connectivity index (χ1v) is 4.36. The molecule has 0 heterocycles. The van der Waals surface area contributed by atoms with Crippen molar-refractivity contribution in [3.63, 3.8) is 0 Å². The molecule has 0 amide bonds. The number of carbonyl (C=O) groups is 1. The van der Waals surface area contributed by atoms with Crippen molar-refractivity contribution in [2.75, 3.05) is 0 Å². The number of hydrogen-bond donors (Lipinski definition) is 1. The van der Waals surface area contributed by atoms with Gasteiger partial charge < -0.3 is 9.84 Å². The Morgan fingerprint density at radius 2 is 2.12 bits per heavy atom. The third kappa shape index (κ3) is 3.00. The fraction of sp³-hybridized carbons (Fsp3) is 0.125. The molecular formula is C8H4ClF2NO5. The lowest BCUT2D eigenvalue weighted by Gasteiger charge is -2.06. The fourth-order valence-electron chi connectivity index (χ4n) is 1.09. The van der Waals surface area contributed by atoms with E-state index in [-0.39, 0.29) is 0 Å². The lowest BCUT2D eigenvalue weighted by Crippen LogP contribution is -2.07. The minimum atomic E-state index is -3.19. The monoisotopic (exact) mass is 267 g/mol. The first-order valence-electron chi connectivity index (χ1n) is 3.99. The minimum Gasteiger partial charge on any atom is -0.477 e. The van der Waals surface area contributed by atoms with Crippen LogP contribution in [0.4, 0.5) is 14.5 Å². The van der Waals surface area contributed by atoms with E-state index in [0.29, 0.717) is 6.07 Å². The van der Waals surface area contributed by atoms with Gasteiger partial charge in [0.05, 0.1) is 16.0 Å². The number of alkyl halides is 2. The van der Waals surface area contributed by atoms with Crippen LogP contribution in [0.25, 0.3) is 0 Å². The van der Waals surface area contributed by atoms with Crippen molar-refractivity contribution in [1.29, 1.82) is 0 Å². The van der Waals surface area contributed by atoms with Crippen molar-refractivity contribution < 1.29 is 28.3 Å². The van der Waals surface area contributed by atoms with E-state index in [1.54, 1.807) is 0 Å². The van der Waals surface area contributed by atoms with Gasteiger partial charge in [0, 0.05) is 6.07 Å². The molecule has 0 fully saturated rings. The molecule has 0 atom stereocenters. The predicted octanol–water partition coefficient (Wildman–Crippen LogP) is 2.55. The van der Waals surface area contributed by atoms with E-state index >= 15 is 0 Å². The summed E-state index contributed by atoms with van der Waals surface area (Å²) in [5.74, 6) is -2.22. The van der Waals surface area contributed by atoms with Gasteiger partial charge in [-0.2, -0.15) is 8.78 Å². The second-order valence-corrected chi connectivity index (χ2v) is 3.15. The maximum absolute atomic E-state index is 11.9. The topological polar surface area (TPSA) is 89.7 Å². The molecule has 0 bridgehead atoms. The molecule has 1 rings (SSSR count). The summed E-state index contributed by atoms with van der Waals surface area (Å²) in [5.41, 5.74) is -1.70. The highest BCUT2D eigenvalue weighted by Crippen LogP contribution is 2.32. The zero-order valence-electron chi connectivity index (χ0n) is 7.89. The SMILES string of the molecule is O=C(O)c1c(Cl)cc(OC(F)F)cc1[N+](=O)[O-]. The van der Waals surface area contributed by atoms with Gasteiger partial charge in [-0.25, -0.2) is 4.79 Å². The van der Waals surface area contributed by atoms with Crippen LogP contribution in [0.1, 0.15) is 10.4 Å². The lowest BCUT2D eigenvalue weighted by atomic mass is 10.1. The van der Waals surface area contributed by atoms with Crippen molar-refractivity contribution in [2.45, 2.75) is 6.61 Å². The summed E-state index contributed by atoms with van der Waals surface area (Å²) in [6.45, 7) is -3.19. The smallest absolute Gasteiger partial charge is 0.387 e. The van der Waals surface area contributed by atoms with Crippen LogP contribution in [0.2, 0.25) is 5.02 Å². The number of carboxylic acids is 1. The van der Waals surface area contributed by atoms with Crippen LogP contribution in [0.15, 0.2) is 12.1 Å². The number of ether oxygens (including phenoxy) is 1. The van der Waals surface area contributed by atoms with Gasteiger partial charge >= 0.3 is 12.6 Å². The normalized spacial score (nSPS) is 10.4. The van der Waals surface area contributed by atoms with Gasteiger partial charge in [-0.05, 0) is 0 Å². The molecular weight excluding hydrogens is 264 g/mol. The van der Waals surface area contributed by atoms with Crippen LogP contribution in [0.3, 0.4) is 0 Å². The molecule has 1 aromatic rings. The van der Waals surface area contributed by atoms with E-state index in [0.717, 1.165) is 6.07 Å². The number of benzene rings is 1. The number of hydrogen-bond acceptors (Lipinski definition) is 4. The average molecular weight is 268 g/mol. The van der Waals surface area contributed by atoms with Gasteiger partial charge in [-0.3, -0.25) is 10.1 Å². The van der Waals surface area contributed by atoms with Crippen LogP contribution >= 0.6 is 11.6 Å². The summed E-state index contributed by atoms with van der Waals surface area (Å²) >= 11 is 5.45. The maximum atomic E-state index is 11.9. The van der Waals surface area contributed by atoms with E-state index in [9.17, 15) is 23.7 Å². The number of carboxylic acid groups (broad SMARTS) is 1. The van der Waals surface area contributed by atoms with E-state index in [4.69, 9.17) is 16.7 Å². The Morgan fingerprint density at radius 1 is 1.53 bits per heavy atom. The number of aromatic carboxylic acids is 1. The number of nitro benzene ring substituents is 1. The Morgan fingerprint density at radius 3 is 2.53 bits per heavy atom. The minimum absolute atomic E-state index is 0.553. The number of nitrogens with zero attached hydrogens (tertiary/aromatic N) is 1. The molecule has 0 aromatic heterocycles. The summed E-state index contributed by atoms with van der Waals surface area (Å²) < 4.78 is 27.7. The van der Waals surface area contributed by atoms with E-state index in [1.165, 1.54) is 0 Å². The first kappa shape index (κ1) is 13.1. The van der Waals surface area contributed by atoms with Gasteiger partial charge in [-0.1, -0.05) is 11.6 Å². The molecule has 1 N–H and O–H groups in total. The van der Waals surface area contributed by atoms with Crippen LogP contribution in [0.5, 0.6) is 5.75 Å². The number of nitro groups is 1. The Labute approximate surface area is 97.5 Å². The van der Waals surface area contributed by atoms with Crippen molar-refractivity contribution in [3.05, 3.63) is 32.8 Å². The molecule has 6 nitrogen and oxygen atoms in total. The quantitative estimate of drug-likeness (QED) is 0.669. The predicted molar refractivity (Wildman–Crippen MR) is 51.7 cm³/mol. The summed E-state index contributed by atoms with van der Waals surface area (Å²) in [5, 5.41) is 18.7. The molecule has 0 radical (unpaired) electrons.